The molecule has 0 amide bonds. The summed E-state index contributed by atoms with van der Waals surface area (Å²) in [5, 5.41) is 19.3. The van der Waals surface area contributed by atoms with Crippen molar-refractivity contribution in [1.29, 1.82) is 0 Å². The van der Waals surface area contributed by atoms with Crippen molar-refractivity contribution in [2.75, 3.05) is 0 Å². The van der Waals surface area contributed by atoms with E-state index in [9.17, 15) is 9.90 Å². The average Bonchev–Trinajstić information content (AvgIpc) is 2.23. The van der Waals surface area contributed by atoms with Crippen LogP contribution < -0.4 is 5.73 Å². The van der Waals surface area contributed by atoms with Crippen molar-refractivity contribution in [3.05, 3.63) is 27.3 Å². The molecule has 4 N–H and O–H groups in total. The van der Waals surface area contributed by atoms with Crippen LogP contribution in [0.4, 0.5) is 0 Å². The number of rotatable bonds is 3. The van der Waals surface area contributed by atoms with Crippen LogP contribution in [-0.4, -0.2) is 16.2 Å². The number of carbonyl (C=O) groups is 1. The number of carboxylic acid groups (broad SMARTS) is 1. The smallest absolute Gasteiger partial charge is 0.305 e. The number of phenols is 1. The van der Waals surface area contributed by atoms with Crippen LogP contribution in [0.25, 0.3) is 0 Å². The first-order valence-corrected chi connectivity index (χ1v) is 5.60. The van der Waals surface area contributed by atoms with E-state index in [-0.39, 0.29) is 12.2 Å². The van der Waals surface area contributed by atoms with Crippen molar-refractivity contribution >= 4 is 17.6 Å². The Kier molecular flexibility index (Phi) is 4.01. The molecular formula is C12H16ClNO3. The van der Waals surface area contributed by atoms with E-state index in [1.54, 1.807) is 20.8 Å². The molecule has 0 saturated carbocycles. The Balaban J connectivity index is 3.38. The molecule has 0 radical (unpaired) electrons. The highest BCUT2D eigenvalue weighted by Crippen LogP contribution is 2.38. The lowest BCUT2D eigenvalue weighted by atomic mass is 9.93. The summed E-state index contributed by atoms with van der Waals surface area (Å²) < 4.78 is 0. The summed E-state index contributed by atoms with van der Waals surface area (Å²) >= 11 is 6.13. The number of aliphatic carboxylic acids is 1. The molecule has 0 heterocycles. The van der Waals surface area contributed by atoms with Crippen LogP contribution in [0, 0.1) is 20.8 Å². The van der Waals surface area contributed by atoms with Gasteiger partial charge < -0.3 is 15.9 Å². The van der Waals surface area contributed by atoms with Crippen LogP contribution in [0.15, 0.2) is 0 Å². The molecule has 0 aliphatic heterocycles. The molecule has 1 unspecified atom stereocenters. The zero-order chi connectivity index (χ0) is 13.3. The lowest BCUT2D eigenvalue weighted by Crippen LogP contribution is -2.17. The van der Waals surface area contributed by atoms with E-state index in [1.807, 2.05) is 0 Å². The van der Waals surface area contributed by atoms with E-state index in [1.165, 1.54) is 0 Å². The van der Waals surface area contributed by atoms with Gasteiger partial charge in [-0.2, -0.15) is 0 Å². The van der Waals surface area contributed by atoms with Crippen LogP contribution in [0.5, 0.6) is 5.75 Å². The minimum atomic E-state index is -1.01. The van der Waals surface area contributed by atoms with E-state index < -0.39 is 12.0 Å². The monoisotopic (exact) mass is 257 g/mol. The first-order valence-electron chi connectivity index (χ1n) is 5.22. The Morgan fingerprint density at radius 1 is 1.29 bits per heavy atom. The second-order valence-corrected chi connectivity index (χ2v) is 4.53. The zero-order valence-corrected chi connectivity index (χ0v) is 10.8. The fourth-order valence-electron chi connectivity index (χ4n) is 1.87. The van der Waals surface area contributed by atoms with Crippen LogP contribution in [-0.2, 0) is 4.79 Å². The summed E-state index contributed by atoms with van der Waals surface area (Å²) in [6.07, 6.45) is -0.243. The molecule has 1 rings (SSSR count). The normalized spacial score (nSPS) is 12.5. The van der Waals surface area contributed by atoms with Crippen molar-refractivity contribution in [3.8, 4) is 5.75 Å². The van der Waals surface area contributed by atoms with Gasteiger partial charge >= 0.3 is 5.97 Å². The number of hydrogen-bond acceptors (Lipinski definition) is 3. The van der Waals surface area contributed by atoms with Gasteiger partial charge in [0.1, 0.15) is 5.75 Å². The topological polar surface area (TPSA) is 83.6 Å². The first-order chi connectivity index (χ1) is 7.77. The highest BCUT2D eigenvalue weighted by molar-refractivity contribution is 6.32. The van der Waals surface area contributed by atoms with Crippen molar-refractivity contribution in [2.45, 2.75) is 33.2 Å². The quantitative estimate of drug-likeness (QED) is 0.777. The number of nitrogens with two attached hydrogens (primary N) is 1. The molecule has 0 aromatic heterocycles. The van der Waals surface area contributed by atoms with Gasteiger partial charge in [0.25, 0.3) is 0 Å². The summed E-state index contributed by atoms with van der Waals surface area (Å²) in [7, 11) is 0. The average molecular weight is 258 g/mol. The van der Waals surface area contributed by atoms with E-state index in [4.69, 9.17) is 22.4 Å². The lowest BCUT2D eigenvalue weighted by molar-refractivity contribution is -0.137. The molecule has 0 saturated heterocycles. The van der Waals surface area contributed by atoms with E-state index in [2.05, 4.69) is 0 Å². The van der Waals surface area contributed by atoms with E-state index in [0.29, 0.717) is 21.7 Å². The predicted octanol–water partition coefficient (Wildman–Crippen LogP) is 2.45. The highest BCUT2D eigenvalue weighted by Gasteiger charge is 2.22. The molecule has 5 heteroatoms. The number of hydrogen-bond donors (Lipinski definition) is 3. The molecular weight excluding hydrogens is 242 g/mol. The van der Waals surface area contributed by atoms with Crippen LogP contribution in [0.1, 0.15) is 34.7 Å². The number of halogens is 1. The van der Waals surface area contributed by atoms with Gasteiger partial charge in [-0.3, -0.25) is 4.79 Å². The fourth-order valence-corrected chi connectivity index (χ4v) is 2.11. The lowest BCUT2D eigenvalue weighted by Gasteiger charge is -2.19. The summed E-state index contributed by atoms with van der Waals surface area (Å²) in [6, 6.07) is -0.760. The van der Waals surface area contributed by atoms with Gasteiger partial charge in [0.2, 0.25) is 0 Å². The van der Waals surface area contributed by atoms with Crippen molar-refractivity contribution in [1.82, 2.24) is 0 Å². The maximum Gasteiger partial charge on any atom is 0.305 e. The largest absolute Gasteiger partial charge is 0.507 e. The van der Waals surface area contributed by atoms with E-state index in [0.717, 1.165) is 5.56 Å². The van der Waals surface area contributed by atoms with Crippen LogP contribution >= 0.6 is 11.6 Å². The molecule has 1 aromatic rings. The van der Waals surface area contributed by atoms with Gasteiger partial charge in [0.15, 0.2) is 0 Å². The molecule has 1 atom stereocenters. The first kappa shape index (κ1) is 13.8. The van der Waals surface area contributed by atoms with E-state index >= 15 is 0 Å². The van der Waals surface area contributed by atoms with Gasteiger partial charge in [-0.15, -0.1) is 0 Å². The summed E-state index contributed by atoms with van der Waals surface area (Å²) in [4.78, 5) is 10.6. The summed E-state index contributed by atoms with van der Waals surface area (Å²) in [5.74, 6) is -0.969. The maximum atomic E-state index is 10.6. The van der Waals surface area contributed by atoms with Gasteiger partial charge in [-0.05, 0) is 37.5 Å². The predicted molar refractivity (Wildman–Crippen MR) is 66.5 cm³/mol. The number of benzene rings is 1. The third-order valence-corrected chi connectivity index (χ3v) is 3.57. The molecule has 0 bridgehead atoms. The van der Waals surface area contributed by atoms with Crippen LogP contribution in [0.3, 0.4) is 0 Å². The Morgan fingerprint density at radius 2 is 1.82 bits per heavy atom. The number of phenolic OH excluding ortho intramolecular Hbond substituents is 1. The molecule has 0 spiro atoms. The second-order valence-electron chi connectivity index (χ2n) is 4.16. The molecule has 4 nitrogen and oxygen atoms in total. The molecule has 0 aliphatic carbocycles. The highest BCUT2D eigenvalue weighted by atomic mass is 35.5. The molecule has 0 fully saturated rings. The van der Waals surface area contributed by atoms with Gasteiger partial charge in [-0.1, -0.05) is 11.6 Å². The Morgan fingerprint density at radius 3 is 2.29 bits per heavy atom. The Bertz CT molecular complexity index is 442. The third kappa shape index (κ3) is 2.53. The SMILES string of the molecule is Cc1c(C)c(Cl)c(C)c(C(N)CC(=O)O)c1O. The minimum Gasteiger partial charge on any atom is -0.507 e. The van der Waals surface area contributed by atoms with Gasteiger partial charge in [-0.25, -0.2) is 0 Å². The zero-order valence-electron chi connectivity index (χ0n) is 10.0. The standard InChI is InChI=1S/C12H16ClNO3/c1-5-6(2)12(17)10(7(3)11(5)13)8(14)4-9(15)16/h8,17H,4,14H2,1-3H3,(H,15,16). The minimum absolute atomic E-state index is 0.0400. The molecule has 17 heavy (non-hydrogen) atoms. The van der Waals surface area contributed by atoms with Crippen LogP contribution in [0.2, 0.25) is 5.02 Å². The van der Waals surface area contributed by atoms with Gasteiger partial charge in [0.05, 0.1) is 6.42 Å². The Labute approximate surface area is 105 Å². The summed E-state index contributed by atoms with van der Waals surface area (Å²) in [5.41, 5.74) is 8.26. The fraction of sp³-hybridized carbons (Fsp3) is 0.417. The van der Waals surface area contributed by atoms with Crippen molar-refractivity contribution < 1.29 is 15.0 Å². The van der Waals surface area contributed by atoms with Gasteiger partial charge in [0, 0.05) is 16.6 Å². The molecule has 0 aliphatic rings. The second kappa shape index (κ2) is 4.94. The molecule has 1 aromatic carbocycles. The summed E-state index contributed by atoms with van der Waals surface area (Å²) in [6.45, 7) is 5.26. The van der Waals surface area contributed by atoms with Crippen molar-refractivity contribution in [2.24, 2.45) is 5.73 Å². The molecule has 94 valence electrons. The third-order valence-electron chi connectivity index (χ3n) is 3.00. The Hall–Kier alpha value is -1.26. The van der Waals surface area contributed by atoms with Crippen molar-refractivity contribution in [3.63, 3.8) is 0 Å². The maximum absolute atomic E-state index is 10.6. The number of carboxylic acids is 1. The number of aromatic hydroxyl groups is 1.